The van der Waals surface area contributed by atoms with Gasteiger partial charge in [-0.2, -0.15) is 0 Å². The summed E-state index contributed by atoms with van der Waals surface area (Å²) in [5.41, 5.74) is 5.59. The van der Waals surface area contributed by atoms with Crippen LogP contribution in [-0.4, -0.2) is 31.2 Å². The van der Waals surface area contributed by atoms with E-state index in [1.54, 1.807) is 6.07 Å². The van der Waals surface area contributed by atoms with Crippen LogP contribution in [0.25, 0.3) is 0 Å². The lowest BCUT2D eigenvalue weighted by Crippen LogP contribution is -2.24. The van der Waals surface area contributed by atoms with Crippen molar-refractivity contribution in [1.29, 1.82) is 0 Å². The molecule has 0 aliphatic heterocycles. The van der Waals surface area contributed by atoms with Crippen molar-refractivity contribution in [3.63, 3.8) is 0 Å². The third-order valence-electron chi connectivity index (χ3n) is 2.37. The molecule has 17 heavy (non-hydrogen) atoms. The van der Waals surface area contributed by atoms with E-state index in [1.165, 1.54) is 19.2 Å². The highest BCUT2D eigenvalue weighted by Gasteiger charge is 2.10. The monoisotopic (exact) mass is 238 g/mol. The zero-order valence-electron chi connectivity index (χ0n) is 9.90. The molecule has 1 aromatic rings. The summed E-state index contributed by atoms with van der Waals surface area (Å²) in [6, 6.07) is 4.58. The molecule has 1 aromatic carbocycles. The number of carbonyl (C=O) groups excluding carboxylic acids is 1. The molecule has 94 valence electrons. The van der Waals surface area contributed by atoms with Crippen LogP contribution in [0.15, 0.2) is 18.2 Å². The van der Waals surface area contributed by atoms with Gasteiger partial charge in [0.25, 0.3) is 5.91 Å². The van der Waals surface area contributed by atoms with Crippen LogP contribution in [0.1, 0.15) is 23.2 Å². The molecule has 0 fully saturated rings. The van der Waals surface area contributed by atoms with Gasteiger partial charge in [0, 0.05) is 12.6 Å². The van der Waals surface area contributed by atoms with E-state index in [0.717, 1.165) is 12.8 Å². The van der Waals surface area contributed by atoms with Crippen molar-refractivity contribution in [2.75, 3.05) is 20.2 Å². The fourth-order valence-electron chi connectivity index (χ4n) is 1.40. The van der Waals surface area contributed by atoms with Gasteiger partial charge in [0.15, 0.2) is 0 Å². The molecule has 0 radical (unpaired) electrons. The Kier molecular flexibility index (Phi) is 5.29. The number of hydrogen-bond donors (Lipinski definition) is 3. The maximum absolute atomic E-state index is 11.7. The largest absolute Gasteiger partial charge is 0.507 e. The van der Waals surface area contributed by atoms with Gasteiger partial charge < -0.3 is 20.9 Å². The number of aromatic hydroxyl groups is 1. The van der Waals surface area contributed by atoms with Crippen LogP contribution in [0.3, 0.4) is 0 Å². The molecule has 0 aliphatic rings. The molecule has 1 rings (SSSR count). The first-order valence-corrected chi connectivity index (χ1v) is 5.54. The number of carbonyl (C=O) groups is 1. The first-order chi connectivity index (χ1) is 8.19. The Morgan fingerprint density at radius 2 is 2.24 bits per heavy atom. The summed E-state index contributed by atoms with van der Waals surface area (Å²) in [6.45, 7) is 1.17. The molecule has 1 amide bonds. The summed E-state index contributed by atoms with van der Waals surface area (Å²) in [5.74, 6) is 0.144. The third kappa shape index (κ3) is 3.96. The van der Waals surface area contributed by atoms with Gasteiger partial charge in [-0.1, -0.05) is 0 Å². The highest BCUT2D eigenvalue weighted by Crippen LogP contribution is 2.23. The predicted octanol–water partition coefficient (Wildman–Crippen LogP) is 0.869. The molecule has 0 saturated carbocycles. The van der Waals surface area contributed by atoms with Crippen LogP contribution in [0, 0.1) is 0 Å². The Morgan fingerprint density at radius 1 is 1.47 bits per heavy atom. The van der Waals surface area contributed by atoms with E-state index in [0.29, 0.717) is 18.8 Å². The van der Waals surface area contributed by atoms with Crippen molar-refractivity contribution in [3.05, 3.63) is 23.8 Å². The average Bonchev–Trinajstić information content (AvgIpc) is 2.34. The van der Waals surface area contributed by atoms with Gasteiger partial charge >= 0.3 is 0 Å². The van der Waals surface area contributed by atoms with Crippen LogP contribution < -0.4 is 15.8 Å². The molecule has 0 atom stereocenters. The van der Waals surface area contributed by atoms with Crippen LogP contribution in [0.5, 0.6) is 11.5 Å². The highest BCUT2D eigenvalue weighted by molar-refractivity contribution is 5.96. The van der Waals surface area contributed by atoms with E-state index >= 15 is 0 Å². The lowest BCUT2D eigenvalue weighted by Gasteiger charge is -2.07. The van der Waals surface area contributed by atoms with Crippen molar-refractivity contribution in [3.8, 4) is 11.5 Å². The van der Waals surface area contributed by atoms with Crippen LogP contribution in [0.4, 0.5) is 0 Å². The van der Waals surface area contributed by atoms with Gasteiger partial charge in [0.1, 0.15) is 11.5 Å². The minimum atomic E-state index is -0.290. The van der Waals surface area contributed by atoms with Gasteiger partial charge in [-0.3, -0.25) is 4.79 Å². The Balaban J connectivity index is 2.57. The molecule has 0 saturated heterocycles. The van der Waals surface area contributed by atoms with Crippen molar-refractivity contribution >= 4 is 5.91 Å². The van der Waals surface area contributed by atoms with E-state index in [2.05, 4.69) is 5.32 Å². The molecule has 5 nitrogen and oxygen atoms in total. The number of phenols is 1. The SMILES string of the molecule is COc1ccc(C(=O)NCCCCN)c(O)c1. The lowest BCUT2D eigenvalue weighted by molar-refractivity contribution is 0.0950. The molecule has 5 heteroatoms. The van der Waals surface area contributed by atoms with Gasteiger partial charge in [0.2, 0.25) is 0 Å². The number of hydrogen-bond acceptors (Lipinski definition) is 4. The van der Waals surface area contributed by atoms with Crippen molar-refractivity contribution < 1.29 is 14.6 Å². The minimum absolute atomic E-state index is 0.0827. The van der Waals surface area contributed by atoms with E-state index < -0.39 is 0 Å². The fourth-order valence-corrected chi connectivity index (χ4v) is 1.40. The number of nitrogens with one attached hydrogen (secondary N) is 1. The smallest absolute Gasteiger partial charge is 0.255 e. The highest BCUT2D eigenvalue weighted by atomic mass is 16.5. The fraction of sp³-hybridized carbons (Fsp3) is 0.417. The standard InChI is InChI=1S/C12H18N2O3/c1-17-9-4-5-10(11(15)8-9)12(16)14-7-3-2-6-13/h4-5,8,15H,2-3,6-7,13H2,1H3,(H,14,16). The predicted molar refractivity (Wildman–Crippen MR) is 65.3 cm³/mol. The number of benzene rings is 1. The maximum Gasteiger partial charge on any atom is 0.255 e. The molecule has 0 aliphatic carbocycles. The van der Waals surface area contributed by atoms with Crippen LogP contribution >= 0.6 is 0 Å². The van der Waals surface area contributed by atoms with Gasteiger partial charge in [0.05, 0.1) is 12.7 Å². The normalized spacial score (nSPS) is 10.0. The van der Waals surface area contributed by atoms with E-state index in [-0.39, 0.29) is 17.2 Å². The molecule has 0 bridgehead atoms. The van der Waals surface area contributed by atoms with E-state index in [9.17, 15) is 9.90 Å². The molecule has 0 aromatic heterocycles. The van der Waals surface area contributed by atoms with Crippen LogP contribution in [0.2, 0.25) is 0 Å². The molecule has 0 unspecified atom stereocenters. The first-order valence-electron chi connectivity index (χ1n) is 5.54. The zero-order valence-corrected chi connectivity index (χ0v) is 9.90. The molecule has 0 heterocycles. The number of phenolic OH excluding ortho intramolecular Hbond substituents is 1. The quantitative estimate of drug-likeness (QED) is 0.642. The Bertz CT molecular complexity index is 380. The van der Waals surface area contributed by atoms with E-state index in [4.69, 9.17) is 10.5 Å². The number of methoxy groups -OCH3 is 1. The van der Waals surface area contributed by atoms with Crippen molar-refractivity contribution in [1.82, 2.24) is 5.32 Å². The van der Waals surface area contributed by atoms with Crippen LogP contribution in [-0.2, 0) is 0 Å². The first kappa shape index (κ1) is 13.3. The number of amides is 1. The second-order valence-corrected chi connectivity index (χ2v) is 3.63. The van der Waals surface area contributed by atoms with Crippen molar-refractivity contribution in [2.24, 2.45) is 5.73 Å². The number of rotatable bonds is 6. The summed E-state index contributed by atoms with van der Waals surface area (Å²) in [4.78, 5) is 11.7. The summed E-state index contributed by atoms with van der Waals surface area (Å²) < 4.78 is 4.94. The zero-order chi connectivity index (χ0) is 12.7. The Morgan fingerprint density at radius 3 is 2.82 bits per heavy atom. The van der Waals surface area contributed by atoms with Gasteiger partial charge in [-0.05, 0) is 31.5 Å². The summed E-state index contributed by atoms with van der Waals surface area (Å²) in [5, 5.41) is 12.4. The maximum atomic E-state index is 11.7. The molecular formula is C12H18N2O3. The average molecular weight is 238 g/mol. The minimum Gasteiger partial charge on any atom is -0.507 e. The van der Waals surface area contributed by atoms with Gasteiger partial charge in [-0.15, -0.1) is 0 Å². The second kappa shape index (κ2) is 6.75. The Hall–Kier alpha value is -1.75. The van der Waals surface area contributed by atoms with E-state index in [1.807, 2.05) is 0 Å². The number of nitrogens with two attached hydrogens (primary N) is 1. The van der Waals surface area contributed by atoms with Crippen molar-refractivity contribution in [2.45, 2.75) is 12.8 Å². The number of unbranched alkanes of at least 4 members (excludes halogenated alkanes) is 1. The third-order valence-corrected chi connectivity index (χ3v) is 2.37. The molecule has 4 N–H and O–H groups in total. The molecular weight excluding hydrogens is 220 g/mol. The molecule has 0 spiro atoms. The summed E-state index contributed by atoms with van der Waals surface area (Å²) in [6.07, 6.45) is 1.70. The summed E-state index contributed by atoms with van der Waals surface area (Å²) in [7, 11) is 1.50. The topological polar surface area (TPSA) is 84.6 Å². The number of ether oxygens (including phenoxy) is 1. The Labute approximate surface area is 101 Å². The van der Waals surface area contributed by atoms with Gasteiger partial charge in [-0.25, -0.2) is 0 Å². The lowest BCUT2D eigenvalue weighted by atomic mass is 10.1. The summed E-state index contributed by atoms with van der Waals surface area (Å²) >= 11 is 0. The second-order valence-electron chi connectivity index (χ2n) is 3.63.